The first-order valence-corrected chi connectivity index (χ1v) is 12.3. The highest BCUT2D eigenvalue weighted by molar-refractivity contribution is 7.96. The second-order valence-electron chi connectivity index (χ2n) is 8.80. The van der Waals surface area contributed by atoms with Crippen LogP contribution in [0.1, 0.15) is 62.4 Å². The summed E-state index contributed by atoms with van der Waals surface area (Å²) < 4.78 is 6.80. The SMILES string of the molecule is CSNCCCN1C2CCC1CC(NC(=O)c1cc3cccn3n(C(C)C)c1=O)C2. The summed E-state index contributed by atoms with van der Waals surface area (Å²) >= 11 is 1.67. The average Bonchev–Trinajstić information content (AvgIpc) is 3.25. The summed E-state index contributed by atoms with van der Waals surface area (Å²) in [6.45, 7) is 6.07. The van der Waals surface area contributed by atoms with Gasteiger partial charge in [0.05, 0.1) is 5.52 Å². The molecule has 7 nitrogen and oxygen atoms in total. The Bertz CT molecular complexity index is 939. The number of rotatable bonds is 8. The molecule has 0 radical (unpaired) electrons. The summed E-state index contributed by atoms with van der Waals surface area (Å²) in [7, 11) is 0. The third-order valence-corrected chi connectivity index (χ3v) is 7.01. The van der Waals surface area contributed by atoms with Crippen molar-refractivity contribution in [2.45, 2.75) is 70.1 Å². The Morgan fingerprint density at radius 3 is 2.67 bits per heavy atom. The monoisotopic (exact) mass is 431 g/mol. The minimum atomic E-state index is -0.236. The number of hydrogen-bond acceptors (Lipinski definition) is 5. The number of carbonyl (C=O) groups is 1. The molecule has 0 aromatic carbocycles. The molecular weight excluding hydrogens is 398 g/mol. The van der Waals surface area contributed by atoms with E-state index >= 15 is 0 Å². The molecule has 4 rings (SSSR count). The normalized spacial score (nSPS) is 24.1. The van der Waals surface area contributed by atoms with Gasteiger partial charge in [-0.1, -0.05) is 11.9 Å². The molecule has 1 amide bonds. The largest absolute Gasteiger partial charge is 0.349 e. The summed E-state index contributed by atoms with van der Waals surface area (Å²) in [6.07, 6.45) is 9.44. The number of nitrogens with zero attached hydrogens (tertiary/aromatic N) is 3. The predicted octanol–water partition coefficient (Wildman–Crippen LogP) is 2.66. The van der Waals surface area contributed by atoms with E-state index in [9.17, 15) is 9.59 Å². The first-order valence-electron chi connectivity index (χ1n) is 11.0. The van der Waals surface area contributed by atoms with Gasteiger partial charge in [-0.15, -0.1) is 0 Å². The average molecular weight is 432 g/mol. The zero-order chi connectivity index (χ0) is 21.3. The third kappa shape index (κ3) is 4.18. The van der Waals surface area contributed by atoms with Crippen LogP contribution in [-0.2, 0) is 0 Å². The lowest BCUT2D eigenvalue weighted by Gasteiger charge is -2.39. The molecule has 2 aliphatic heterocycles. The summed E-state index contributed by atoms with van der Waals surface area (Å²) in [5.74, 6) is -0.236. The molecule has 2 unspecified atom stereocenters. The number of hydrogen-bond donors (Lipinski definition) is 2. The maximum absolute atomic E-state index is 13.1. The Hall–Kier alpha value is -1.77. The first-order chi connectivity index (χ1) is 14.5. The number of fused-ring (bicyclic) bond motifs is 3. The molecule has 30 heavy (non-hydrogen) atoms. The smallest absolute Gasteiger partial charge is 0.278 e. The van der Waals surface area contributed by atoms with Crippen LogP contribution in [0.4, 0.5) is 0 Å². The molecule has 2 saturated heterocycles. The quantitative estimate of drug-likeness (QED) is 0.497. The molecule has 2 N–H and O–H groups in total. The van der Waals surface area contributed by atoms with Gasteiger partial charge in [-0.05, 0) is 77.0 Å². The summed E-state index contributed by atoms with van der Waals surface area (Å²) in [5, 5.41) is 3.19. The molecular formula is C22H33N5O2S. The summed E-state index contributed by atoms with van der Waals surface area (Å²) in [6, 6.07) is 6.76. The van der Waals surface area contributed by atoms with Crippen molar-refractivity contribution in [3.8, 4) is 0 Å². The molecule has 2 fully saturated rings. The van der Waals surface area contributed by atoms with Crippen molar-refractivity contribution in [3.05, 3.63) is 40.3 Å². The highest BCUT2D eigenvalue weighted by Gasteiger charge is 2.40. The highest BCUT2D eigenvalue weighted by Crippen LogP contribution is 2.35. The maximum Gasteiger partial charge on any atom is 0.278 e. The van der Waals surface area contributed by atoms with Crippen LogP contribution in [0.15, 0.2) is 29.2 Å². The van der Waals surface area contributed by atoms with Crippen LogP contribution < -0.4 is 15.6 Å². The number of carbonyl (C=O) groups excluding carboxylic acids is 1. The number of aromatic nitrogens is 2. The highest BCUT2D eigenvalue weighted by atomic mass is 32.2. The van der Waals surface area contributed by atoms with Crippen LogP contribution in [0.5, 0.6) is 0 Å². The van der Waals surface area contributed by atoms with E-state index in [-0.39, 0.29) is 29.1 Å². The Labute approximate surface area is 182 Å². The number of nitrogens with one attached hydrogen (secondary N) is 2. The fourth-order valence-corrected chi connectivity index (χ4v) is 5.58. The Morgan fingerprint density at radius 2 is 2.00 bits per heavy atom. The Kier molecular flexibility index (Phi) is 6.55. The molecule has 2 bridgehead atoms. The van der Waals surface area contributed by atoms with E-state index in [0.29, 0.717) is 12.1 Å². The minimum absolute atomic E-state index is 0.0279. The van der Waals surface area contributed by atoms with Gasteiger partial charge in [-0.3, -0.25) is 23.7 Å². The predicted molar refractivity (Wildman–Crippen MR) is 122 cm³/mol. The topological polar surface area (TPSA) is 70.8 Å². The van der Waals surface area contributed by atoms with Crippen LogP contribution in [0.2, 0.25) is 0 Å². The first kappa shape index (κ1) is 21.5. The van der Waals surface area contributed by atoms with E-state index in [0.717, 1.165) is 37.9 Å². The molecule has 2 atom stereocenters. The van der Waals surface area contributed by atoms with E-state index in [4.69, 9.17) is 0 Å². The van der Waals surface area contributed by atoms with Crippen molar-refractivity contribution in [1.82, 2.24) is 24.1 Å². The third-order valence-electron chi connectivity index (χ3n) is 6.51. The summed E-state index contributed by atoms with van der Waals surface area (Å²) in [4.78, 5) is 28.8. The second kappa shape index (κ2) is 9.16. The van der Waals surface area contributed by atoms with Gasteiger partial charge in [-0.25, -0.2) is 4.68 Å². The van der Waals surface area contributed by atoms with E-state index in [2.05, 4.69) is 21.2 Å². The van der Waals surface area contributed by atoms with E-state index in [1.165, 1.54) is 12.8 Å². The van der Waals surface area contributed by atoms with Crippen molar-refractivity contribution < 1.29 is 4.79 Å². The molecule has 2 aliphatic rings. The van der Waals surface area contributed by atoms with Crippen LogP contribution in [-0.4, -0.2) is 57.5 Å². The van der Waals surface area contributed by atoms with E-state index in [1.54, 1.807) is 22.7 Å². The Balaban J connectivity index is 1.44. The standard InChI is InChI=1S/C22H33N5O2S/c1-15(2)27-22(29)20(14-19-6-4-11-26(19)27)21(28)24-16-12-17-7-8-18(13-16)25(17)10-5-9-23-30-3/h4,6,11,14-18,23H,5,7-10,12-13H2,1-3H3,(H,24,28). The van der Waals surface area contributed by atoms with Crippen LogP contribution in [0.3, 0.4) is 0 Å². The van der Waals surface area contributed by atoms with Crippen molar-refractivity contribution in [3.63, 3.8) is 0 Å². The van der Waals surface area contributed by atoms with Crippen LogP contribution in [0, 0.1) is 0 Å². The zero-order valence-electron chi connectivity index (χ0n) is 18.1. The molecule has 2 aromatic heterocycles. The fourth-order valence-electron chi connectivity index (χ4n) is 5.23. The molecule has 0 spiro atoms. The van der Waals surface area contributed by atoms with Crippen molar-refractivity contribution in [1.29, 1.82) is 0 Å². The van der Waals surface area contributed by atoms with Gasteiger partial charge in [0.25, 0.3) is 11.5 Å². The summed E-state index contributed by atoms with van der Waals surface area (Å²) in [5.41, 5.74) is 0.878. The molecule has 164 valence electrons. The van der Waals surface area contributed by atoms with Crippen molar-refractivity contribution in [2.75, 3.05) is 19.3 Å². The van der Waals surface area contributed by atoms with E-state index in [1.807, 2.05) is 36.7 Å². The lowest BCUT2D eigenvalue weighted by molar-refractivity contribution is 0.0842. The van der Waals surface area contributed by atoms with Gasteiger partial charge in [-0.2, -0.15) is 0 Å². The molecule has 2 aromatic rings. The fraction of sp³-hybridized carbons (Fsp3) is 0.636. The lowest BCUT2D eigenvalue weighted by atomic mass is 9.96. The van der Waals surface area contributed by atoms with Crippen molar-refractivity contribution >= 4 is 23.4 Å². The van der Waals surface area contributed by atoms with Crippen LogP contribution in [0.25, 0.3) is 5.52 Å². The van der Waals surface area contributed by atoms with Crippen molar-refractivity contribution in [2.24, 2.45) is 0 Å². The zero-order valence-corrected chi connectivity index (χ0v) is 19.0. The molecule has 8 heteroatoms. The second-order valence-corrected chi connectivity index (χ2v) is 9.49. The van der Waals surface area contributed by atoms with E-state index < -0.39 is 0 Å². The molecule has 4 heterocycles. The van der Waals surface area contributed by atoms with Gasteiger partial charge in [0.1, 0.15) is 5.56 Å². The van der Waals surface area contributed by atoms with Gasteiger partial charge in [0.15, 0.2) is 0 Å². The van der Waals surface area contributed by atoms with Gasteiger partial charge < -0.3 is 5.32 Å². The van der Waals surface area contributed by atoms with Gasteiger partial charge in [0, 0.05) is 36.9 Å². The van der Waals surface area contributed by atoms with Gasteiger partial charge in [0.2, 0.25) is 0 Å². The molecule has 0 aliphatic carbocycles. The molecule has 0 saturated carbocycles. The minimum Gasteiger partial charge on any atom is -0.349 e. The maximum atomic E-state index is 13.1. The number of piperidine rings is 1. The van der Waals surface area contributed by atoms with Crippen LogP contribution >= 0.6 is 11.9 Å². The van der Waals surface area contributed by atoms with Gasteiger partial charge >= 0.3 is 0 Å². The lowest BCUT2D eigenvalue weighted by Crippen LogP contribution is -2.51. The number of amides is 1. The Morgan fingerprint density at radius 1 is 1.27 bits per heavy atom.